The maximum atomic E-state index is 12.7. The van der Waals surface area contributed by atoms with E-state index in [0.717, 1.165) is 12.8 Å². The number of hydrogen-bond acceptors (Lipinski definition) is 5. The van der Waals surface area contributed by atoms with Gasteiger partial charge in [0.25, 0.3) is 0 Å². The highest BCUT2D eigenvalue weighted by molar-refractivity contribution is 7.89. The summed E-state index contributed by atoms with van der Waals surface area (Å²) in [5, 5.41) is 9.06. The van der Waals surface area contributed by atoms with Crippen molar-refractivity contribution in [1.82, 2.24) is 9.21 Å². The molecule has 0 aromatic carbocycles. The fourth-order valence-electron chi connectivity index (χ4n) is 2.56. The quantitative estimate of drug-likeness (QED) is 0.890. The van der Waals surface area contributed by atoms with Crippen molar-refractivity contribution in [1.29, 1.82) is 0 Å². The molecule has 0 spiro atoms. The number of hydrogen-bond donors (Lipinski definition) is 1. The van der Waals surface area contributed by atoms with Gasteiger partial charge >= 0.3 is 0 Å². The van der Waals surface area contributed by atoms with E-state index in [1.807, 2.05) is 14.1 Å². The molecule has 0 aliphatic carbocycles. The predicted molar refractivity (Wildman–Crippen MR) is 74.8 cm³/mol. The first-order valence-corrected chi connectivity index (χ1v) is 8.17. The van der Waals surface area contributed by atoms with Crippen molar-refractivity contribution >= 4 is 10.0 Å². The summed E-state index contributed by atoms with van der Waals surface area (Å²) in [5.41, 5.74) is 0. The van der Waals surface area contributed by atoms with Crippen LogP contribution in [-0.4, -0.2) is 56.0 Å². The molecule has 0 saturated carbocycles. The van der Waals surface area contributed by atoms with E-state index < -0.39 is 10.0 Å². The highest BCUT2D eigenvalue weighted by Gasteiger charge is 2.33. The molecule has 1 unspecified atom stereocenters. The molecular weight excluding hydrogens is 280 g/mol. The first kappa shape index (κ1) is 15.5. The lowest BCUT2D eigenvalue weighted by molar-refractivity contribution is 0.190. The van der Waals surface area contributed by atoms with Gasteiger partial charge in [-0.1, -0.05) is 0 Å². The van der Waals surface area contributed by atoms with Crippen LogP contribution < -0.4 is 0 Å². The van der Waals surface area contributed by atoms with Crippen molar-refractivity contribution in [3.63, 3.8) is 0 Å². The monoisotopic (exact) mass is 302 g/mol. The first-order valence-electron chi connectivity index (χ1n) is 6.73. The van der Waals surface area contributed by atoms with E-state index in [1.54, 1.807) is 6.92 Å². The van der Waals surface area contributed by atoms with Gasteiger partial charge in [-0.15, -0.1) is 0 Å². The summed E-state index contributed by atoms with van der Waals surface area (Å²) < 4.78 is 32.1. The topological polar surface area (TPSA) is 74.0 Å². The molecule has 0 amide bonds. The van der Waals surface area contributed by atoms with Gasteiger partial charge in [0.05, 0.1) is 0 Å². The molecule has 1 N–H and O–H groups in total. The van der Waals surface area contributed by atoms with E-state index in [2.05, 4.69) is 4.90 Å². The summed E-state index contributed by atoms with van der Waals surface area (Å²) in [6.45, 7) is 2.34. The van der Waals surface area contributed by atoms with Gasteiger partial charge in [0, 0.05) is 25.2 Å². The van der Waals surface area contributed by atoms with Crippen molar-refractivity contribution in [2.75, 3.05) is 27.2 Å². The number of aliphatic hydroxyl groups is 1. The molecule has 20 heavy (non-hydrogen) atoms. The summed E-state index contributed by atoms with van der Waals surface area (Å²) >= 11 is 0. The molecule has 1 aromatic rings. The summed E-state index contributed by atoms with van der Waals surface area (Å²) in [4.78, 5) is 2.23. The van der Waals surface area contributed by atoms with Crippen LogP contribution in [0.1, 0.15) is 24.4 Å². The highest BCUT2D eigenvalue weighted by Crippen LogP contribution is 2.26. The third-order valence-electron chi connectivity index (χ3n) is 3.79. The molecule has 0 radical (unpaired) electrons. The van der Waals surface area contributed by atoms with Crippen LogP contribution in [0.4, 0.5) is 0 Å². The van der Waals surface area contributed by atoms with Gasteiger partial charge in [0.15, 0.2) is 0 Å². The Morgan fingerprint density at radius 1 is 1.50 bits per heavy atom. The largest absolute Gasteiger partial charge is 0.462 e. The molecule has 7 heteroatoms. The summed E-state index contributed by atoms with van der Waals surface area (Å²) in [7, 11) is 0.385. The second kappa shape index (κ2) is 5.85. The van der Waals surface area contributed by atoms with Crippen LogP contribution in [0.2, 0.25) is 0 Å². The highest BCUT2D eigenvalue weighted by atomic mass is 32.2. The van der Waals surface area contributed by atoms with E-state index in [0.29, 0.717) is 18.8 Å². The lowest BCUT2D eigenvalue weighted by atomic mass is 10.1. The van der Waals surface area contributed by atoms with Gasteiger partial charge in [0.1, 0.15) is 23.0 Å². The van der Waals surface area contributed by atoms with Crippen LogP contribution >= 0.6 is 0 Å². The lowest BCUT2D eigenvalue weighted by Gasteiger charge is -2.35. The maximum absolute atomic E-state index is 12.7. The number of nitrogens with zero attached hydrogens (tertiary/aromatic N) is 2. The number of rotatable bonds is 4. The second-order valence-corrected chi connectivity index (χ2v) is 7.32. The second-order valence-electron chi connectivity index (χ2n) is 5.41. The van der Waals surface area contributed by atoms with E-state index in [-0.39, 0.29) is 23.3 Å². The lowest BCUT2D eigenvalue weighted by Crippen LogP contribution is -2.47. The van der Waals surface area contributed by atoms with E-state index in [9.17, 15) is 8.42 Å². The van der Waals surface area contributed by atoms with Crippen molar-refractivity contribution < 1.29 is 17.9 Å². The molecule has 1 aliphatic rings. The molecule has 2 rings (SSSR count). The van der Waals surface area contributed by atoms with Gasteiger partial charge in [-0.05, 0) is 33.9 Å². The number of aryl methyl sites for hydroxylation is 1. The zero-order valence-electron chi connectivity index (χ0n) is 12.2. The molecule has 1 saturated heterocycles. The Bertz CT molecular complexity index is 565. The van der Waals surface area contributed by atoms with Crippen LogP contribution in [0.15, 0.2) is 15.4 Å². The molecule has 6 nitrogen and oxygen atoms in total. The minimum absolute atomic E-state index is 0.168. The van der Waals surface area contributed by atoms with Crippen LogP contribution in [0.3, 0.4) is 0 Å². The third kappa shape index (κ3) is 2.90. The van der Waals surface area contributed by atoms with Gasteiger partial charge in [-0.2, -0.15) is 4.31 Å². The van der Waals surface area contributed by atoms with E-state index >= 15 is 0 Å². The zero-order valence-corrected chi connectivity index (χ0v) is 13.0. The number of furan rings is 1. The fourth-order valence-corrected chi connectivity index (χ4v) is 4.26. The number of aliphatic hydroxyl groups excluding tert-OH is 1. The van der Waals surface area contributed by atoms with E-state index in [1.165, 1.54) is 10.4 Å². The Labute approximate surface area is 120 Å². The molecule has 1 fully saturated rings. The van der Waals surface area contributed by atoms with E-state index in [4.69, 9.17) is 9.52 Å². The smallest absolute Gasteiger partial charge is 0.246 e. The number of piperidine rings is 1. The predicted octanol–water partition coefficient (Wildman–Crippen LogP) is 0.795. The van der Waals surface area contributed by atoms with Crippen molar-refractivity contribution in [2.45, 2.75) is 37.3 Å². The molecule has 1 aliphatic heterocycles. The van der Waals surface area contributed by atoms with Crippen molar-refractivity contribution in [2.24, 2.45) is 0 Å². The molecule has 1 aromatic heterocycles. The van der Waals surface area contributed by atoms with Crippen molar-refractivity contribution in [3.05, 3.63) is 17.6 Å². The third-order valence-corrected chi connectivity index (χ3v) is 5.76. The van der Waals surface area contributed by atoms with Crippen LogP contribution in [0, 0.1) is 6.92 Å². The van der Waals surface area contributed by atoms with Gasteiger partial charge in [0.2, 0.25) is 10.0 Å². The first-order chi connectivity index (χ1) is 9.36. The van der Waals surface area contributed by atoms with Gasteiger partial charge in [-0.25, -0.2) is 8.42 Å². The standard InChI is InChI=1S/C13H22N2O4S/c1-10-13(7-12(9-16)19-10)20(17,18)15-6-4-5-11(8-15)14(2)3/h7,11,16H,4-6,8-9H2,1-3H3. The van der Waals surface area contributed by atoms with Gasteiger partial charge in [-0.3, -0.25) is 0 Å². The van der Waals surface area contributed by atoms with Gasteiger partial charge < -0.3 is 14.4 Å². The Kier molecular flexibility index (Phi) is 4.53. The Morgan fingerprint density at radius 2 is 2.20 bits per heavy atom. The fraction of sp³-hybridized carbons (Fsp3) is 0.692. The average molecular weight is 302 g/mol. The minimum Gasteiger partial charge on any atom is -0.462 e. The summed E-state index contributed by atoms with van der Waals surface area (Å²) in [6, 6.07) is 1.66. The maximum Gasteiger partial charge on any atom is 0.246 e. The molecule has 0 bridgehead atoms. The Morgan fingerprint density at radius 3 is 2.75 bits per heavy atom. The van der Waals surface area contributed by atoms with Crippen LogP contribution in [0.5, 0.6) is 0 Å². The Balaban J connectivity index is 2.27. The zero-order chi connectivity index (χ0) is 14.9. The van der Waals surface area contributed by atoms with Crippen LogP contribution in [-0.2, 0) is 16.6 Å². The summed E-state index contributed by atoms with van der Waals surface area (Å²) in [5.74, 6) is 0.614. The van der Waals surface area contributed by atoms with Crippen molar-refractivity contribution in [3.8, 4) is 0 Å². The Hall–Kier alpha value is -0.890. The minimum atomic E-state index is -3.55. The number of sulfonamides is 1. The number of likely N-dealkylation sites (N-methyl/N-ethyl adjacent to an activating group) is 1. The molecule has 2 heterocycles. The van der Waals surface area contributed by atoms with Crippen LogP contribution in [0.25, 0.3) is 0 Å². The SMILES string of the molecule is Cc1oc(CO)cc1S(=O)(=O)N1CCCC(N(C)C)C1. The molecule has 1 atom stereocenters. The normalized spacial score (nSPS) is 21.6. The molecule has 114 valence electrons. The molecular formula is C13H22N2O4S. The summed E-state index contributed by atoms with van der Waals surface area (Å²) in [6.07, 6.45) is 1.86. The average Bonchev–Trinajstić information content (AvgIpc) is 2.81.